The second-order valence-electron chi connectivity index (χ2n) is 4.93. The smallest absolute Gasteiger partial charge is 0.124 e. The molecule has 0 aliphatic carbocycles. The van der Waals surface area contributed by atoms with Gasteiger partial charge in [-0.1, -0.05) is 36.7 Å². The Kier molecular flexibility index (Phi) is 4.41. The lowest BCUT2D eigenvalue weighted by molar-refractivity contribution is 0.422. The minimum atomic E-state index is -0.733. The Morgan fingerprint density at radius 1 is 1.10 bits per heavy atom. The molecule has 1 nitrogen and oxygen atoms in total. The van der Waals surface area contributed by atoms with Crippen molar-refractivity contribution >= 4 is 11.6 Å². The number of nitrogens with two attached hydrogens (primary N) is 1. The van der Waals surface area contributed by atoms with Gasteiger partial charge in [0.05, 0.1) is 0 Å². The quantitative estimate of drug-likeness (QED) is 0.887. The van der Waals surface area contributed by atoms with Crippen LogP contribution in [0.25, 0.3) is 0 Å². The largest absolute Gasteiger partial charge is 0.321 e. The molecule has 0 aliphatic heterocycles. The lowest BCUT2D eigenvalue weighted by Crippen LogP contribution is -2.38. The Hall–Kier alpha value is -1.45. The number of hydrogen-bond donors (Lipinski definition) is 1. The maximum atomic E-state index is 13.4. The van der Waals surface area contributed by atoms with E-state index < -0.39 is 5.54 Å². The third kappa shape index (κ3) is 3.17. The third-order valence-electron chi connectivity index (χ3n) is 3.55. The number of benzene rings is 2. The predicted octanol–water partition coefficient (Wildman–Crippen LogP) is 4.42. The summed E-state index contributed by atoms with van der Waals surface area (Å²) in [6.07, 6.45) is 1.04. The fraction of sp³-hybridized carbons (Fsp3) is 0.250. The molecule has 0 saturated heterocycles. The van der Waals surface area contributed by atoms with Crippen LogP contribution in [0.15, 0.2) is 42.5 Å². The van der Waals surface area contributed by atoms with Gasteiger partial charge in [-0.25, -0.2) is 8.78 Å². The van der Waals surface area contributed by atoms with Crippen LogP contribution in [0.5, 0.6) is 0 Å². The first kappa shape index (κ1) is 14.9. The molecule has 0 amide bonds. The van der Waals surface area contributed by atoms with Gasteiger partial charge in [0.15, 0.2) is 0 Å². The zero-order valence-corrected chi connectivity index (χ0v) is 11.9. The normalized spacial score (nSPS) is 14.1. The van der Waals surface area contributed by atoms with Gasteiger partial charge in [0.2, 0.25) is 0 Å². The maximum Gasteiger partial charge on any atom is 0.124 e. The second-order valence-corrected chi connectivity index (χ2v) is 5.34. The fourth-order valence-electron chi connectivity index (χ4n) is 2.23. The van der Waals surface area contributed by atoms with Crippen LogP contribution >= 0.6 is 11.6 Å². The van der Waals surface area contributed by atoms with Gasteiger partial charge in [0.1, 0.15) is 11.6 Å². The molecule has 2 aromatic rings. The first-order chi connectivity index (χ1) is 9.44. The zero-order chi connectivity index (χ0) is 14.8. The first-order valence-electron chi connectivity index (χ1n) is 6.43. The molecule has 0 aromatic heterocycles. The van der Waals surface area contributed by atoms with Gasteiger partial charge in [-0.15, -0.1) is 0 Å². The standard InChI is InChI=1S/C16H16ClF2N/c1-2-16(20,12-4-3-5-13(18)8-12)10-11-6-7-14(19)9-15(11)17/h3-9H,2,10,20H2,1H3. The molecule has 1 unspecified atom stereocenters. The molecule has 0 radical (unpaired) electrons. The van der Waals surface area contributed by atoms with Crippen LogP contribution < -0.4 is 5.73 Å². The molecular formula is C16H16ClF2N. The van der Waals surface area contributed by atoms with Gasteiger partial charge in [-0.2, -0.15) is 0 Å². The van der Waals surface area contributed by atoms with Gasteiger partial charge in [0.25, 0.3) is 0 Å². The summed E-state index contributed by atoms with van der Waals surface area (Å²) in [6.45, 7) is 1.93. The van der Waals surface area contributed by atoms with Gasteiger partial charge < -0.3 is 5.73 Å². The molecule has 0 aliphatic rings. The van der Waals surface area contributed by atoms with E-state index in [4.69, 9.17) is 17.3 Å². The predicted molar refractivity (Wildman–Crippen MR) is 77.7 cm³/mol. The van der Waals surface area contributed by atoms with E-state index >= 15 is 0 Å². The summed E-state index contributed by atoms with van der Waals surface area (Å²) in [6, 6.07) is 10.5. The van der Waals surface area contributed by atoms with E-state index in [-0.39, 0.29) is 11.6 Å². The van der Waals surface area contributed by atoms with Crippen LogP contribution in [0.4, 0.5) is 8.78 Å². The lowest BCUT2D eigenvalue weighted by Gasteiger charge is -2.29. The summed E-state index contributed by atoms with van der Waals surface area (Å²) in [7, 11) is 0. The van der Waals surface area contributed by atoms with Gasteiger partial charge in [-0.3, -0.25) is 0 Å². The number of hydrogen-bond acceptors (Lipinski definition) is 1. The molecule has 2 aromatic carbocycles. The van der Waals surface area contributed by atoms with Crippen molar-refractivity contribution in [2.45, 2.75) is 25.3 Å². The van der Waals surface area contributed by atoms with Crippen molar-refractivity contribution in [3.63, 3.8) is 0 Å². The minimum Gasteiger partial charge on any atom is -0.321 e. The summed E-state index contributed by atoms with van der Waals surface area (Å²) in [5, 5.41) is 0.338. The van der Waals surface area contributed by atoms with E-state index in [0.717, 1.165) is 5.56 Å². The van der Waals surface area contributed by atoms with Crippen LogP contribution in [0.3, 0.4) is 0 Å². The Labute approximate surface area is 122 Å². The zero-order valence-electron chi connectivity index (χ0n) is 11.2. The minimum absolute atomic E-state index is 0.323. The van der Waals surface area contributed by atoms with E-state index in [9.17, 15) is 8.78 Å². The highest BCUT2D eigenvalue weighted by Gasteiger charge is 2.27. The van der Waals surface area contributed by atoms with E-state index in [1.807, 2.05) is 6.92 Å². The topological polar surface area (TPSA) is 26.0 Å². The molecular weight excluding hydrogens is 280 g/mol. The summed E-state index contributed by atoms with van der Waals surface area (Å²) < 4.78 is 26.4. The molecule has 2 N–H and O–H groups in total. The van der Waals surface area contributed by atoms with Crippen molar-refractivity contribution in [3.05, 3.63) is 70.2 Å². The van der Waals surface area contributed by atoms with Crippen LogP contribution in [0.2, 0.25) is 5.02 Å². The molecule has 0 spiro atoms. The SMILES string of the molecule is CCC(N)(Cc1ccc(F)cc1Cl)c1cccc(F)c1. The number of rotatable bonds is 4. The van der Waals surface area contributed by atoms with Crippen molar-refractivity contribution in [1.29, 1.82) is 0 Å². The van der Waals surface area contributed by atoms with Crippen LogP contribution in [0.1, 0.15) is 24.5 Å². The highest BCUT2D eigenvalue weighted by molar-refractivity contribution is 6.31. The summed E-state index contributed by atoms with van der Waals surface area (Å²) in [4.78, 5) is 0. The Bertz CT molecular complexity index is 615. The highest BCUT2D eigenvalue weighted by Crippen LogP contribution is 2.30. The summed E-state index contributed by atoms with van der Waals surface area (Å²) >= 11 is 6.04. The van der Waals surface area contributed by atoms with Crippen molar-refractivity contribution < 1.29 is 8.78 Å². The fourth-order valence-corrected chi connectivity index (χ4v) is 2.47. The maximum absolute atomic E-state index is 13.4. The van der Waals surface area contributed by atoms with Crippen molar-refractivity contribution in [3.8, 4) is 0 Å². The lowest BCUT2D eigenvalue weighted by atomic mass is 9.82. The van der Waals surface area contributed by atoms with Gasteiger partial charge in [-0.05, 0) is 48.2 Å². The van der Waals surface area contributed by atoms with E-state index in [1.165, 1.54) is 24.3 Å². The Morgan fingerprint density at radius 2 is 1.80 bits per heavy atom. The first-order valence-corrected chi connectivity index (χ1v) is 6.81. The Morgan fingerprint density at radius 3 is 2.40 bits per heavy atom. The van der Waals surface area contributed by atoms with Gasteiger partial charge in [0, 0.05) is 10.6 Å². The van der Waals surface area contributed by atoms with Crippen LogP contribution in [0, 0.1) is 11.6 Å². The highest BCUT2D eigenvalue weighted by atomic mass is 35.5. The molecule has 0 fully saturated rings. The summed E-state index contributed by atoms with van der Waals surface area (Å²) in [5.74, 6) is -0.709. The molecule has 20 heavy (non-hydrogen) atoms. The molecule has 106 valence electrons. The van der Waals surface area contributed by atoms with E-state index in [0.29, 0.717) is 23.4 Å². The molecule has 0 saturated carbocycles. The number of halogens is 3. The molecule has 0 bridgehead atoms. The Balaban J connectivity index is 2.36. The average molecular weight is 296 g/mol. The van der Waals surface area contributed by atoms with Crippen molar-refractivity contribution in [2.24, 2.45) is 5.73 Å². The monoisotopic (exact) mass is 295 g/mol. The van der Waals surface area contributed by atoms with Crippen LogP contribution in [-0.2, 0) is 12.0 Å². The molecule has 1 atom stereocenters. The third-order valence-corrected chi connectivity index (χ3v) is 3.90. The van der Waals surface area contributed by atoms with E-state index in [2.05, 4.69) is 0 Å². The van der Waals surface area contributed by atoms with Crippen molar-refractivity contribution in [1.82, 2.24) is 0 Å². The van der Waals surface area contributed by atoms with E-state index in [1.54, 1.807) is 18.2 Å². The molecule has 2 rings (SSSR count). The van der Waals surface area contributed by atoms with Crippen molar-refractivity contribution in [2.75, 3.05) is 0 Å². The van der Waals surface area contributed by atoms with Gasteiger partial charge >= 0.3 is 0 Å². The summed E-state index contributed by atoms with van der Waals surface area (Å²) in [5.41, 5.74) is 7.14. The average Bonchev–Trinajstić information content (AvgIpc) is 2.42. The molecule has 0 heterocycles. The molecule has 4 heteroatoms. The second kappa shape index (κ2) is 5.90. The van der Waals surface area contributed by atoms with Crippen LogP contribution in [-0.4, -0.2) is 0 Å².